The number of hydrogen-bond donors (Lipinski definition) is 1. The average Bonchev–Trinajstić information content (AvgIpc) is 2.86. The lowest BCUT2D eigenvalue weighted by atomic mass is 10.2. The minimum absolute atomic E-state index is 0.0208. The molecule has 1 fully saturated rings. The van der Waals surface area contributed by atoms with Gasteiger partial charge in [-0.1, -0.05) is 0 Å². The Morgan fingerprint density at radius 3 is 2.55 bits per heavy atom. The van der Waals surface area contributed by atoms with Crippen LogP contribution in [-0.2, 0) is 14.8 Å². The van der Waals surface area contributed by atoms with Gasteiger partial charge in [-0.2, -0.15) is 0 Å². The number of benzene rings is 1. The van der Waals surface area contributed by atoms with Crippen molar-refractivity contribution in [2.24, 2.45) is 0 Å². The molecule has 2 rings (SSSR count). The van der Waals surface area contributed by atoms with Gasteiger partial charge in [0.2, 0.25) is 10.0 Å². The lowest BCUT2D eigenvalue weighted by molar-refractivity contribution is 0.105. The first kappa shape index (κ1) is 15.3. The molecule has 8 heteroatoms. The van der Waals surface area contributed by atoms with Gasteiger partial charge in [-0.15, -0.1) is 0 Å². The van der Waals surface area contributed by atoms with E-state index in [1.807, 2.05) is 0 Å². The van der Waals surface area contributed by atoms with Crippen LogP contribution < -0.4 is 4.72 Å². The minimum atomic E-state index is -4.21. The molecule has 0 unspecified atom stereocenters. The highest BCUT2D eigenvalue weighted by molar-refractivity contribution is 7.89. The summed E-state index contributed by atoms with van der Waals surface area (Å²) in [5, 5.41) is 0. The van der Waals surface area contributed by atoms with Crippen LogP contribution in [0, 0.1) is 17.5 Å². The first-order valence-corrected chi connectivity index (χ1v) is 7.64. The Morgan fingerprint density at radius 2 is 1.90 bits per heavy atom. The van der Waals surface area contributed by atoms with Crippen LogP contribution in [0.4, 0.5) is 13.2 Å². The molecule has 0 spiro atoms. The molecule has 0 radical (unpaired) electrons. The van der Waals surface area contributed by atoms with Gasteiger partial charge < -0.3 is 4.74 Å². The van der Waals surface area contributed by atoms with E-state index in [0.717, 1.165) is 12.8 Å². The van der Waals surface area contributed by atoms with Crippen LogP contribution in [0.5, 0.6) is 0 Å². The molecule has 1 saturated heterocycles. The minimum Gasteiger partial charge on any atom is -0.378 e. The van der Waals surface area contributed by atoms with Crippen LogP contribution in [0.1, 0.15) is 19.3 Å². The van der Waals surface area contributed by atoms with E-state index in [1.54, 1.807) is 0 Å². The predicted molar refractivity (Wildman–Crippen MR) is 65.1 cm³/mol. The highest BCUT2D eigenvalue weighted by Crippen LogP contribution is 2.19. The molecule has 1 aliphatic rings. The number of hydrogen-bond acceptors (Lipinski definition) is 3. The van der Waals surface area contributed by atoms with E-state index in [4.69, 9.17) is 4.74 Å². The van der Waals surface area contributed by atoms with Crippen molar-refractivity contribution in [1.82, 2.24) is 4.72 Å². The quantitative estimate of drug-likeness (QED) is 0.846. The highest BCUT2D eigenvalue weighted by atomic mass is 32.2. The lowest BCUT2D eigenvalue weighted by Crippen LogP contribution is -2.28. The van der Waals surface area contributed by atoms with Crippen LogP contribution in [0.25, 0.3) is 0 Å². The largest absolute Gasteiger partial charge is 0.378 e. The highest BCUT2D eigenvalue weighted by Gasteiger charge is 2.23. The standard InChI is InChI=1S/C12H14F3NO3S/c13-9-6-11(15)12(7-10(9)14)20(17,18)16-4-3-8-2-1-5-19-8/h6-8,16H,1-5H2/t8-/m0/s1. The van der Waals surface area contributed by atoms with Crippen LogP contribution in [0.3, 0.4) is 0 Å². The van der Waals surface area contributed by atoms with E-state index in [9.17, 15) is 21.6 Å². The molecular weight excluding hydrogens is 295 g/mol. The van der Waals surface area contributed by atoms with Gasteiger partial charge in [0.05, 0.1) is 6.10 Å². The third-order valence-corrected chi connectivity index (χ3v) is 4.52. The number of sulfonamides is 1. The fraction of sp³-hybridized carbons (Fsp3) is 0.500. The molecule has 112 valence electrons. The molecule has 1 aromatic carbocycles. The maximum Gasteiger partial charge on any atom is 0.243 e. The summed E-state index contributed by atoms with van der Waals surface area (Å²) in [6, 6.07) is 0.545. The summed E-state index contributed by atoms with van der Waals surface area (Å²) in [5.41, 5.74) is 0. The number of ether oxygens (including phenoxy) is 1. The summed E-state index contributed by atoms with van der Waals surface area (Å²) in [6.45, 7) is 0.695. The van der Waals surface area contributed by atoms with E-state index in [0.29, 0.717) is 19.1 Å². The molecule has 1 aromatic rings. The zero-order valence-corrected chi connectivity index (χ0v) is 11.4. The molecule has 0 bridgehead atoms. The summed E-state index contributed by atoms with van der Waals surface area (Å²) in [6.07, 6.45) is 2.20. The lowest BCUT2D eigenvalue weighted by Gasteiger charge is -2.11. The second kappa shape index (κ2) is 6.11. The van der Waals surface area contributed by atoms with Crippen molar-refractivity contribution in [2.45, 2.75) is 30.3 Å². The van der Waals surface area contributed by atoms with Crippen molar-refractivity contribution in [3.63, 3.8) is 0 Å². The third kappa shape index (κ3) is 3.50. The van der Waals surface area contributed by atoms with Gasteiger partial charge in [0.15, 0.2) is 11.6 Å². The molecule has 0 amide bonds. The predicted octanol–water partition coefficient (Wildman–Crippen LogP) is 1.95. The van der Waals surface area contributed by atoms with E-state index < -0.39 is 32.4 Å². The third-order valence-electron chi connectivity index (χ3n) is 3.05. The zero-order valence-electron chi connectivity index (χ0n) is 10.5. The maximum absolute atomic E-state index is 13.4. The summed E-state index contributed by atoms with van der Waals surface area (Å²) in [7, 11) is -4.21. The Labute approximate surface area is 115 Å². The number of halogens is 3. The first-order valence-electron chi connectivity index (χ1n) is 6.16. The Bertz CT molecular complexity index is 586. The summed E-state index contributed by atoms with van der Waals surface area (Å²) in [4.78, 5) is -0.899. The molecule has 0 saturated carbocycles. The topological polar surface area (TPSA) is 55.4 Å². The Hall–Kier alpha value is -1.12. The summed E-state index contributed by atoms with van der Waals surface area (Å²) >= 11 is 0. The van der Waals surface area contributed by atoms with E-state index >= 15 is 0 Å². The van der Waals surface area contributed by atoms with Gasteiger partial charge in [-0.3, -0.25) is 0 Å². The van der Waals surface area contributed by atoms with Gasteiger partial charge in [0.25, 0.3) is 0 Å². The van der Waals surface area contributed by atoms with Crippen LogP contribution >= 0.6 is 0 Å². The van der Waals surface area contributed by atoms with E-state index in [2.05, 4.69) is 4.72 Å². The molecule has 1 N–H and O–H groups in total. The molecule has 4 nitrogen and oxygen atoms in total. The fourth-order valence-corrected chi connectivity index (χ4v) is 3.13. The Morgan fingerprint density at radius 1 is 1.20 bits per heavy atom. The monoisotopic (exact) mass is 309 g/mol. The molecule has 1 heterocycles. The average molecular weight is 309 g/mol. The van der Waals surface area contributed by atoms with Crippen molar-refractivity contribution in [1.29, 1.82) is 0 Å². The summed E-state index contributed by atoms with van der Waals surface area (Å²) in [5.74, 6) is -4.17. The number of rotatable bonds is 5. The molecule has 1 aliphatic heterocycles. The van der Waals surface area contributed by atoms with Gasteiger partial charge in [0, 0.05) is 19.2 Å². The van der Waals surface area contributed by atoms with Gasteiger partial charge in [0.1, 0.15) is 10.7 Å². The maximum atomic E-state index is 13.4. The normalized spacial score (nSPS) is 19.4. The van der Waals surface area contributed by atoms with Crippen LogP contribution in [0.15, 0.2) is 17.0 Å². The van der Waals surface area contributed by atoms with Gasteiger partial charge in [-0.25, -0.2) is 26.3 Å². The number of nitrogens with one attached hydrogen (secondary N) is 1. The van der Waals surface area contributed by atoms with Crippen molar-refractivity contribution in [3.05, 3.63) is 29.6 Å². The molecular formula is C12H14F3NO3S. The first-order chi connectivity index (χ1) is 9.40. The van der Waals surface area contributed by atoms with E-state index in [-0.39, 0.29) is 18.7 Å². The molecule has 0 aliphatic carbocycles. The van der Waals surface area contributed by atoms with Crippen molar-refractivity contribution >= 4 is 10.0 Å². The van der Waals surface area contributed by atoms with Gasteiger partial charge in [-0.05, 0) is 25.3 Å². The van der Waals surface area contributed by atoms with Gasteiger partial charge >= 0.3 is 0 Å². The zero-order chi connectivity index (χ0) is 14.8. The van der Waals surface area contributed by atoms with Crippen LogP contribution in [-0.4, -0.2) is 27.7 Å². The second-order valence-corrected chi connectivity index (χ2v) is 6.25. The molecule has 20 heavy (non-hydrogen) atoms. The van der Waals surface area contributed by atoms with Crippen molar-refractivity contribution in [3.8, 4) is 0 Å². The van der Waals surface area contributed by atoms with Crippen molar-refractivity contribution in [2.75, 3.05) is 13.2 Å². The second-order valence-electron chi connectivity index (χ2n) is 4.52. The van der Waals surface area contributed by atoms with Crippen molar-refractivity contribution < 1.29 is 26.3 Å². The van der Waals surface area contributed by atoms with E-state index in [1.165, 1.54) is 0 Å². The fourth-order valence-electron chi connectivity index (χ4n) is 2.01. The molecule has 1 atom stereocenters. The van der Waals surface area contributed by atoms with Crippen LogP contribution in [0.2, 0.25) is 0 Å². The smallest absolute Gasteiger partial charge is 0.243 e. The Balaban J connectivity index is 2.04. The SMILES string of the molecule is O=S(=O)(NCC[C@@H]1CCCO1)c1cc(F)c(F)cc1F. The molecule has 0 aromatic heterocycles. The summed E-state index contributed by atoms with van der Waals surface area (Å²) < 4.78 is 70.2. The Kier molecular flexibility index (Phi) is 4.66.